The van der Waals surface area contributed by atoms with E-state index in [2.05, 4.69) is 9.71 Å². The van der Waals surface area contributed by atoms with Crippen molar-refractivity contribution < 1.29 is 22.7 Å². The van der Waals surface area contributed by atoms with Crippen molar-refractivity contribution in [3.05, 3.63) is 24.3 Å². The SMILES string of the molecule is CN1CCCCC/C1=N\S(=O)(=O)c1cccc(NC(=O)[C@@H]2CCCN2C(=O)OC(C)(C)C)c1. The van der Waals surface area contributed by atoms with Gasteiger partial charge in [-0.05, 0) is 64.7 Å². The summed E-state index contributed by atoms with van der Waals surface area (Å²) in [5.74, 6) is 0.184. The first kappa shape index (κ1) is 25.0. The van der Waals surface area contributed by atoms with Crippen LogP contribution in [0.2, 0.25) is 0 Å². The van der Waals surface area contributed by atoms with Gasteiger partial charge in [-0.25, -0.2) is 4.79 Å². The van der Waals surface area contributed by atoms with Crippen LogP contribution in [0, 0.1) is 0 Å². The van der Waals surface area contributed by atoms with Crippen LogP contribution in [0.25, 0.3) is 0 Å². The Morgan fingerprint density at radius 3 is 2.61 bits per heavy atom. The molecule has 182 valence electrons. The summed E-state index contributed by atoms with van der Waals surface area (Å²) < 4.78 is 35.4. The fourth-order valence-corrected chi connectivity index (χ4v) is 5.11. The van der Waals surface area contributed by atoms with Gasteiger partial charge in [-0.3, -0.25) is 9.69 Å². The molecule has 1 atom stereocenters. The second kappa shape index (κ2) is 10.1. The highest BCUT2D eigenvalue weighted by Crippen LogP contribution is 2.24. The van der Waals surface area contributed by atoms with Gasteiger partial charge in [0.1, 0.15) is 17.5 Å². The number of amidine groups is 1. The third kappa shape index (κ3) is 6.69. The summed E-state index contributed by atoms with van der Waals surface area (Å²) in [6.07, 6.45) is 4.27. The monoisotopic (exact) mass is 478 g/mol. The van der Waals surface area contributed by atoms with Crippen LogP contribution in [0.15, 0.2) is 33.6 Å². The van der Waals surface area contributed by atoms with Crippen molar-refractivity contribution in [1.29, 1.82) is 0 Å². The van der Waals surface area contributed by atoms with Gasteiger partial charge in [-0.2, -0.15) is 8.42 Å². The lowest BCUT2D eigenvalue weighted by Gasteiger charge is -2.28. The molecular formula is C23H34N4O5S. The minimum absolute atomic E-state index is 0.0147. The number of benzene rings is 1. The Balaban J connectivity index is 1.74. The summed E-state index contributed by atoms with van der Waals surface area (Å²) in [7, 11) is -2.06. The van der Waals surface area contributed by atoms with Crippen LogP contribution in [0.5, 0.6) is 0 Å². The lowest BCUT2D eigenvalue weighted by Crippen LogP contribution is -2.45. The number of hydrogen-bond donors (Lipinski definition) is 1. The van der Waals surface area contributed by atoms with Gasteiger partial charge in [0.2, 0.25) is 5.91 Å². The molecule has 2 saturated heterocycles. The largest absolute Gasteiger partial charge is 0.444 e. The van der Waals surface area contributed by atoms with Gasteiger partial charge in [0.15, 0.2) is 0 Å². The number of nitrogens with one attached hydrogen (secondary N) is 1. The van der Waals surface area contributed by atoms with Crippen LogP contribution in [0.4, 0.5) is 10.5 Å². The molecule has 1 aromatic rings. The van der Waals surface area contributed by atoms with Gasteiger partial charge in [0.05, 0.1) is 4.90 Å². The molecule has 2 amide bonds. The zero-order valence-corrected chi connectivity index (χ0v) is 20.7. The average molecular weight is 479 g/mol. The summed E-state index contributed by atoms with van der Waals surface area (Å²) in [5.41, 5.74) is -0.317. The molecular weight excluding hydrogens is 444 g/mol. The van der Waals surface area contributed by atoms with Crippen LogP contribution in [-0.2, 0) is 19.6 Å². The lowest BCUT2D eigenvalue weighted by atomic mass is 10.2. The number of carbonyl (C=O) groups excluding carboxylic acids is 2. The number of carbonyl (C=O) groups is 2. The zero-order valence-electron chi connectivity index (χ0n) is 19.8. The molecule has 0 saturated carbocycles. The molecule has 0 spiro atoms. The van der Waals surface area contributed by atoms with E-state index in [0.717, 1.165) is 25.8 Å². The van der Waals surface area contributed by atoms with Gasteiger partial charge in [-0.1, -0.05) is 12.5 Å². The quantitative estimate of drug-likeness (QED) is 0.708. The van der Waals surface area contributed by atoms with Crippen LogP contribution in [0.1, 0.15) is 59.3 Å². The second-order valence-corrected chi connectivity index (χ2v) is 11.2. The molecule has 3 rings (SSSR count). The smallest absolute Gasteiger partial charge is 0.410 e. The third-order valence-electron chi connectivity index (χ3n) is 5.64. The first-order valence-electron chi connectivity index (χ1n) is 11.4. The fraction of sp³-hybridized carbons (Fsp3) is 0.609. The molecule has 0 unspecified atom stereocenters. The van der Waals surface area contributed by atoms with E-state index in [1.807, 2.05) is 11.9 Å². The Morgan fingerprint density at radius 2 is 1.88 bits per heavy atom. The number of nitrogens with zero attached hydrogens (tertiary/aromatic N) is 3. The van der Waals surface area contributed by atoms with Crippen molar-refractivity contribution in [3.8, 4) is 0 Å². The zero-order chi connectivity index (χ0) is 24.2. The molecule has 33 heavy (non-hydrogen) atoms. The van der Waals surface area contributed by atoms with Crippen molar-refractivity contribution in [3.63, 3.8) is 0 Å². The number of rotatable bonds is 4. The van der Waals surface area contributed by atoms with Crippen LogP contribution >= 0.6 is 0 Å². The molecule has 10 heteroatoms. The fourth-order valence-electron chi connectivity index (χ4n) is 3.97. The number of amides is 2. The highest BCUT2D eigenvalue weighted by molar-refractivity contribution is 7.90. The van der Waals surface area contributed by atoms with Crippen molar-refractivity contribution in [2.75, 3.05) is 25.5 Å². The predicted molar refractivity (Wildman–Crippen MR) is 127 cm³/mol. The molecule has 9 nitrogen and oxygen atoms in total. The Kier molecular flexibility index (Phi) is 7.66. The standard InChI is InChI=1S/C23H34N4O5S/c1-23(2,3)32-22(29)27-15-9-12-19(27)21(28)24-17-10-8-11-18(16-17)33(30,31)25-20-13-6-5-7-14-26(20)4/h8,10-11,16,19H,5-7,9,12-15H2,1-4H3,(H,24,28)/b25-20+/t19-/m0/s1. The van der Waals surface area contributed by atoms with Crippen molar-refractivity contribution in [2.24, 2.45) is 4.40 Å². The van der Waals surface area contributed by atoms with Crippen molar-refractivity contribution in [1.82, 2.24) is 9.80 Å². The summed E-state index contributed by atoms with van der Waals surface area (Å²) in [6.45, 7) is 6.54. The number of hydrogen-bond acceptors (Lipinski definition) is 5. The van der Waals surface area contributed by atoms with Crippen molar-refractivity contribution >= 4 is 33.5 Å². The summed E-state index contributed by atoms with van der Waals surface area (Å²) >= 11 is 0. The maximum Gasteiger partial charge on any atom is 0.410 e. The molecule has 2 aliphatic rings. The predicted octanol–water partition coefficient (Wildman–Crippen LogP) is 3.62. The van der Waals surface area contributed by atoms with Crippen LogP contribution in [-0.4, -0.2) is 67.8 Å². The first-order valence-corrected chi connectivity index (χ1v) is 12.9. The van der Waals surface area contributed by atoms with E-state index in [0.29, 0.717) is 37.3 Å². The Morgan fingerprint density at radius 1 is 1.12 bits per heavy atom. The number of likely N-dealkylation sites (tertiary alicyclic amines) is 2. The Labute approximate surface area is 196 Å². The van der Waals surface area contributed by atoms with E-state index in [1.54, 1.807) is 32.9 Å². The topological polar surface area (TPSA) is 108 Å². The van der Waals surface area contributed by atoms with E-state index in [-0.39, 0.29) is 10.8 Å². The van der Waals surface area contributed by atoms with E-state index in [4.69, 9.17) is 4.74 Å². The summed E-state index contributed by atoms with van der Waals surface area (Å²) in [6, 6.07) is 5.39. The maximum atomic E-state index is 12.9. The molecule has 2 aliphatic heterocycles. The van der Waals surface area contributed by atoms with Gasteiger partial charge >= 0.3 is 6.09 Å². The van der Waals surface area contributed by atoms with E-state index in [9.17, 15) is 18.0 Å². The number of anilines is 1. The van der Waals surface area contributed by atoms with Crippen LogP contribution < -0.4 is 5.32 Å². The highest BCUT2D eigenvalue weighted by atomic mass is 32.2. The lowest BCUT2D eigenvalue weighted by molar-refractivity contribution is -0.120. The summed E-state index contributed by atoms with van der Waals surface area (Å²) in [5, 5.41) is 2.75. The Hall–Kier alpha value is -2.62. The van der Waals surface area contributed by atoms with Gasteiger partial charge in [-0.15, -0.1) is 4.40 Å². The Bertz CT molecular complexity index is 1020. The van der Waals surface area contributed by atoms with E-state index < -0.39 is 27.8 Å². The highest BCUT2D eigenvalue weighted by Gasteiger charge is 2.36. The molecule has 0 aromatic heterocycles. The normalized spacial score (nSPS) is 21.1. The molecule has 0 bridgehead atoms. The second-order valence-electron chi connectivity index (χ2n) is 9.56. The average Bonchev–Trinajstić information content (AvgIpc) is 3.13. The van der Waals surface area contributed by atoms with Gasteiger partial charge in [0.25, 0.3) is 10.0 Å². The molecule has 1 aromatic carbocycles. The maximum absolute atomic E-state index is 12.9. The molecule has 2 heterocycles. The van der Waals surface area contributed by atoms with E-state index in [1.165, 1.54) is 17.0 Å². The van der Waals surface area contributed by atoms with Gasteiger partial charge < -0.3 is 15.0 Å². The third-order valence-corrected chi connectivity index (χ3v) is 6.94. The minimum Gasteiger partial charge on any atom is -0.444 e. The summed E-state index contributed by atoms with van der Waals surface area (Å²) in [4.78, 5) is 28.7. The van der Waals surface area contributed by atoms with Gasteiger partial charge in [0, 0.05) is 32.2 Å². The molecule has 1 N–H and O–H groups in total. The molecule has 0 radical (unpaired) electrons. The molecule has 2 fully saturated rings. The minimum atomic E-state index is -3.92. The number of sulfonamides is 1. The molecule has 0 aliphatic carbocycles. The number of ether oxygens (including phenoxy) is 1. The van der Waals surface area contributed by atoms with Crippen molar-refractivity contribution in [2.45, 2.75) is 75.8 Å². The van der Waals surface area contributed by atoms with Crippen LogP contribution in [0.3, 0.4) is 0 Å². The van der Waals surface area contributed by atoms with E-state index >= 15 is 0 Å². The first-order chi connectivity index (χ1) is 15.5.